The molecule has 0 radical (unpaired) electrons. The smallest absolute Gasteiger partial charge is 0.319 e. The van der Waals surface area contributed by atoms with E-state index in [-0.39, 0.29) is 11.1 Å². The Morgan fingerprint density at radius 3 is 2.76 bits per heavy atom. The molecular weight excluding hydrogens is 323 g/mol. The van der Waals surface area contributed by atoms with Gasteiger partial charge in [0.1, 0.15) is 11.6 Å². The minimum absolute atomic E-state index is 0.194. The van der Waals surface area contributed by atoms with Crippen molar-refractivity contribution in [2.45, 2.75) is 6.54 Å². The number of benzene rings is 2. The summed E-state index contributed by atoms with van der Waals surface area (Å²) in [4.78, 5) is 11.9. The monoisotopic (exact) mass is 342 g/mol. The van der Waals surface area contributed by atoms with Gasteiger partial charge in [0, 0.05) is 35.8 Å². The number of hydrogen-bond acceptors (Lipinski definition) is 4. The lowest BCUT2D eigenvalue weighted by molar-refractivity contribution is 0.251. The van der Waals surface area contributed by atoms with E-state index in [2.05, 4.69) is 10.6 Å². The lowest BCUT2D eigenvalue weighted by Gasteiger charge is -2.10. The van der Waals surface area contributed by atoms with Gasteiger partial charge in [0.2, 0.25) is 0 Å². The van der Waals surface area contributed by atoms with E-state index in [1.807, 2.05) is 24.3 Å². The predicted octanol–water partition coefficient (Wildman–Crippen LogP) is 3.11. The van der Waals surface area contributed by atoms with E-state index in [1.165, 1.54) is 18.2 Å². The third-order valence-corrected chi connectivity index (χ3v) is 3.46. The quantitative estimate of drug-likeness (QED) is 0.607. The van der Waals surface area contributed by atoms with Gasteiger partial charge >= 0.3 is 6.03 Å². The second-order valence-electron chi connectivity index (χ2n) is 5.12. The van der Waals surface area contributed by atoms with Crippen molar-refractivity contribution in [2.24, 2.45) is 5.73 Å². The van der Waals surface area contributed by atoms with Crippen molar-refractivity contribution in [3.05, 3.63) is 65.6 Å². The van der Waals surface area contributed by atoms with Crippen LogP contribution in [0, 0.1) is 11.2 Å². The number of hydrogen-bond donors (Lipinski definition) is 4. The zero-order valence-corrected chi connectivity index (χ0v) is 13.7. The maximum Gasteiger partial charge on any atom is 0.319 e. The number of amides is 2. The van der Waals surface area contributed by atoms with Crippen LogP contribution in [-0.4, -0.2) is 19.4 Å². The highest BCUT2D eigenvalue weighted by molar-refractivity contribution is 6.08. The van der Waals surface area contributed by atoms with Crippen LogP contribution >= 0.6 is 0 Å². The predicted molar refractivity (Wildman–Crippen MR) is 96.2 cm³/mol. The van der Waals surface area contributed by atoms with Crippen molar-refractivity contribution in [1.29, 1.82) is 5.41 Å². The van der Waals surface area contributed by atoms with Crippen LogP contribution in [-0.2, 0) is 6.54 Å². The van der Waals surface area contributed by atoms with Crippen molar-refractivity contribution in [1.82, 2.24) is 5.32 Å². The summed E-state index contributed by atoms with van der Waals surface area (Å²) in [7, 11) is 1.57. The van der Waals surface area contributed by atoms with E-state index in [1.54, 1.807) is 7.11 Å². The third kappa shape index (κ3) is 4.81. The summed E-state index contributed by atoms with van der Waals surface area (Å²) in [6.07, 6.45) is 2.12. The summed E-state index contributed by atoms with van der Waals surface area (Å²) >= 11 is 0. The molecule has 0 aromatic heterocycles. The minimum Gasteiger partial charge on any atom is -0.497 e. The standard InChI is InChI=1S/C18H19FN4O2/c1-25-15-4-2-3-12(7-15)11-22-18(24)23-14-5-6-16(17(19)8-14)13(9-20)10-21/h2-10,20H,11,21H2,1H3,(H2,22,23,24)/b13-10+,20-9?. The lowest BCUT2D eigenvalue weighted by atomic mass is 10.1. The zero-order valence-electron chi connectivity index (χ0n) is 13.7. The highest BCUT2D eigenvalue weighted by Crippen LogP contribution is 2.20. The summed E-state index contributed by atoms with van der Waals surface area (Å²) in [5.74, 6) is 0.123. The lowest BCUT2D eigenvalue weighted by Crippen LogP contribution is -2.28. The molecule has 0 aliphatic carbocycles. The number of ether oxygens (including phenoxy) is 1. The van der Waals surface area contributed by atoms with Gasteiger partial charge in [-0.2, -0.15) is 0 Å². The average molecular weight is 342 g/mol. The van der Waals surface area contributed by atoms with Crippen LogP contribution in [0.25, 0.3) is 5.57 Å². The van der Waals surface area contributed by atoms with Gasteiger partial charge in [-0.1, -0.05) is 12.1 Å². The topological polar surface area (TPSA) is 100 Å². The van der Waals surface area contributed by atoms with Gasteiger partial charge in [0.05, 0.1) is 7.11 Å². The fourth-order valence-corrected chi connectivity index (χ4v) is 2.18. The second kappa shape index (κ2) is 8.49. The molecule has 7 heteroatoms. The molecule has 130 valence electrons. The summed E-state index contributed by atoms with van der Waals surface area (Å²) in [5, 5.41) is 12.4. The average Bonchev–Trinajstić information content (AvgIpc) is 2.63. The first kappa shape index (κ1) is 18.0. The molecule has 0 saturated carbocycles. The van der Waals surface area contributed by atoms with E-state index in [4.69, 9.17) is 15.9 Å². The Kier molecular flexibility index (Phi) is 6.11. The third-order valence-electron chi connectivity index (χ3n) is 3.46. The normalized spacial score (nSPS) is 10.9. The van der Waals surface area contributed by atoms with Gasteiger partial charge < -0.3 is 26.5 Å². The van der Waals surface area contributed by atoms with Gasteiger partial charge in [-0.05, 0) is 35.9 Å². The molecule has 2 rings (SSSR count). The number of halogens is 1. The Bertz CT molecular complexity index is 805. The van der Waals surface area contributed by atoms with Crippen LogP contribution in [0.2, 0.25) is 0 Å². The molecular formula is C18H19FN4O2. The van der Waals surface area contributed by atoms with E-state index < -0.39 is 11.8 Å². The van der Waals surface area contributed by atoms with Crippen molar-refractivity contribution in [2.75, 3.05) is 12.4 Å². The van der Waals surface area contributed by atoms with Crippen molar-refractivity contribution < 1.29 is 13.9 Å². The Labute approximate surface area is 145 Å². The van der Waals surface area contributed by atoms with Crippen LogP contribution in [0.4, 0.5) is 14.9 Å². The Morgan fingerprint density at radius 1 is 1.32 bits per heavy atom. The number of anilines is 1. The first-order valence-corrected chi connectivity index (χ1v) is 7.47. The fourth-order valence-electron chi connectivity index (χ4n) is 2.18. The second-order valence-corrected chi connectivity index (χ2v) is 5.12. The maximum atomic E-state index is 14.1. The van der Waals surface area contributed by atoms with Gasteiger partial charge in [0.15, 0.2) is 0 Å². The molecule has 0 atom stereocenters. The molecule has 5 N–H and O–H groups in total. The molecule has 25 heavy (non-hydrogen) atoms. The number of carbonyl (C=O) groups excluding carboxylic acids is 1. The SMILES string of the molecule is COc1cccc(CNC(=O)Nc2ccc(/C(C=N)=C/N)c(F)c2)c1. The molecule has 0 fully saturated rings. The Balaban J connectivity index is 1.98. The van der Waals surface area contributed by atoms with Gasteiger partial charge in [0.25, 0.3) is 0 Å². The van der Waals surface area contributed by atoms with Gasteiger partial charge in [-0.25, -0.2) is 9.18 Å². The highest BCUT2D eigenvalue weighted by atomic mass is 19.1. The number of carbonyl (C=O) groups is 1. The van der Waals surface area contributed by atoms with Crippen molar-refractivity contribution in [3.8, 4) is 5.75 Å². The molecule has 0 heterocycles. The van der Waals surface area contributed by atoms with Gasteiger partial charge in [-0.3, -0.25) is 0 Å². The molecule has 0 aliphatic heterocycles. The molecule has 0 bridgehead atoms. The summed E-state index contributed by atoms with van der Waals surface area (Å²) in [6.45, 7) is 0.303. The molecule has 0 unspecified atom stereocenters. The largest absolute Gasteiger partial charge is 0.497 e. The summed E-state index contributed by atoms with van der Waals surface area (Å²) in [5.41, 5.74) is 6.97. The van der Waals surface area contributed by atoms with Crippen LogP contribution in [0.15, 0.2) is 48.7 Å². The molecule has 6 nitrogen and oxygen atoms in total. The number of methoxy groups -OCH3 is 1. The Hall–Kier alpha value is -3.35. The Morgan fingerprint density at radius 2 is 2.12 bits per heavy atom. The first-order chi connectivity index (χ1) is 12.1. The number of rotatable bonds is 6. The van der Waals surface area contributed by atoms with Crippen LogP contribution in [0.5, 0.6) is 5.75 Å². The van der Waals surface area contributed by atoms with Crippen LogP contribution in [0.3, 0.4) is 0 Å². The maximum absolute atomic E-state index is 14.1. The number of allylic oxidation sites excluding steroid dienone is 1. The first-order valence-electron chi connectivity index (χ1n) is 7.47. The van der Waals surface area contributed by atoms with Crippen molar-refractivity contribution in [3.63, 3.8) is 0 Å². The fraction of sp³-hybridized carbons (Fsp3) is 0.111. The van der Waals surface area contributed by atoms with Crippen LogP contribution in [0.1, 0.15) is 11.1 Å². The molecule has 0 saturated heterocycles. The van der Waals surface area contributed by atoms with E-state index in [9.17, 15) is 9.18 Å². The summed E-state index contributed by atoms with van der Waals surface area (Å²) in [6, 6.07) is 11.0. The zero-order chi connectivity index (χ0) is 18.2. The number of urea groups is 1. The number of nitrogens with one attached hydrogen (secondary N) is 3. The van der Waals surface area contributed by atoms with E-state index in [0.29, 0.717) is 18.0 Å². The molecule has 0 aliphatic rings. The number of nitrogens with two attached hydrogens (primary N) is 1. The molecule has 2 amide bonds. The molecule has 0 spiro atoms. The molecule has 2 aromatic carbocycles. The van der Waals surface area contributed by atoms with Crippen molar-refractivity contribution >= 4 is 23.5 Å². The van der Waals surface area contributed by atoms with E-state index in [0.717, 1.165) is 18.0 Å². The molecule has 2 aromatic rings. The van der Waals surface area contributed by atoms with Gasteiger partial charge in [-0.15, -0.1) is 0 Å². The summed E-state index contributed by atoms with van der Waals surface area (Å²) < 4.78 is 19.2. The van der Waals surface area contributed by atoms with Crippen LogP contribution < -0.4 is 21.1 Å². The highest BCUT2D eigenvalue weighted by Gasteiger charge is 2.09. The minimum atomic E-state index is -0.578. The van der Waals surface area contributed by atoms with E-state index >= 15 is 0 Å².